The molecule has 1 aromatic carbocycles. The number of anilines is 1. The van der Waals surface area contributed by atoms with Crippen LogP contribution >= 0.6 is 0 Å². The number of rotatable bonds is 4. The van der Waals surface area contributed by atoms with Gasteiger partial charge in [0.1, 0.15) is 0 Å². The zero-order valence-corrected chi connectivity index (χ0v) is 10.3. The van der Waals surface area contributed by atoms with Crippen LogP contribution in [0, 0.1) is 10.1 Å². The molecule has 1 N–H and O–H groups in total. The summed E-state index contributed by atoms with van der Waals surface area (Å²) in [5, 5.41) is 13.0. The highest BCUT2D eigenvalue weighted by Crippen LogP contribution is 2.12. The third-order valence-corrected chi connectivity index (χ3v) is 2.33. The smallest absolute Gasteiger partial charge is 0.269 e. The van der Waals surface area contributed by atoms with Crippen LogP contribution in [0.5, 0.6) is 0 Å². The molecule has 0 saturated carbocycles. The standard InChI is InChI=1S/C13H10N4O3/c18-12(16-13-14-8-1-9-15-13)7-4-10-2-5-11(6-3-10)17(19)20/h1-9H,(H,14,15,16,18). The molecule has 20 heavy (non-hydrogen) atoms. The fourth-order valence-corrected chi connectivity index (χ4v) is 1.39. The van der Waals surface area contributed by atoms with E-state index in [0.29, 0.717) is 5.56 Å². The van der Waals surface area contributed by atoms with Crippen LogP contribution in [-0.4, -0.2) is 20.8 Å². The Labute approximate surface area is 114 Å². The average Bonchev–Trinajstić information content (AvgIpc) is 2.46. The van der Waals surface area contributed by atoms with Crippen LogP contribution in [0.2, 0.25) is 0 Å². The number of carbonyl (C=O) groups is 1. The van der Waals surface area contributed by atoms with Crippen molar-refractivity contribution in [2.75, 3.05) is 5.32 Å². The Hall–Kier alpha value is -3.09. The summed E-state index contributed by atoms with van der Waals surface area (Å²) in [5.74, 6) is -0.166. The largest absolute Gasteiger partial charge is 0.291 e. The molecule has 0 atom stereocenters. The molecule has 100 valence electrons. The minimum atomic E-state index is -0.479. The van der Waals surface area contributed by atoms with Crippen molar-refractivity contribution in [3.63, 3.8) is 0 Å². The lowest BCUT2D eigenvalue weighted by Gasteiger charge is -1.98. The van der Waals surface area contributed by atoms with E-state index in [1.807, 2.05) is 0 Å². The number of carbonyl (C=O) groups excluding carboxylic acids is 1. The number of nitro groups is 1. The fraction of sp³-hybridized carbons (Fsp3) is 0. The number of hydrogen-bond donors (Lipinski definition) is 1. The first-order valence-electron chi connectivity index (χ1n) is 5.66. The Bertz CT molecular complexity index is 638. The average molecular weight is 270 g/mol. The van der Waals surface area contributed by atoms with Gasteiger partial charge < -0.3 is 0 Å². The SMILES string of the molecule is O=C(C=Cc1ccc([N+](=O)[O-])cc1)Nc1ncccn1. The van der Waals surface area contributed by atoms with Gasteiger partial charge in [-0.3, -0.25) is 20.2 Å². The molecule has 0 aliphatic heterocycles. The van der Waals surface area contributed by atoms with Crippen molar-refractivity contribution in [3.05, 3.63) is 64.5 Å². The van der Waals surface area contributed by atoms with Gasteiger partial charge in [-0.05, 0) is 29.8 Å². The lowest BCUT2D eigenvalue weighted by molar-refractivity contribution is -0.384. The number of nitro benzene ring substituents is 1. The van der Waals surface area contributed by atoms with Gasteiger partial charge >= 0.3 is 0 Å². The molecule has 7 nitrogen and oxygen atoms in total. The molecular weight excluding hydrogens is 260 g/mol. The first-order valence-corrected chi connectivity index (χ1v) is 5.66. The summed E-state index contributed by atoms with van der Waals surface area (Å²) < 4.78 is 0. The highest BCUT2D eigenvalue weighted by atomic mass is 16.6. The van der Waals surface area contributed by atoms with E-state index in [1.54, 1.807) is 24.3 Å². The van der Waals surface area contributed by atoms with Crippen molar-refractivity contribution in [2.24, 2.45) is 0 Å². The van der Waals surface area contributed by atoms with Gasteiger partial charge in [-0.25, -0.2) is 9.97 Å². The molecule has 0 unspecified atom stereocenters. The normalized spacial score (nSPS) is 10.4. The monoisotopic (exact) mass is 270 g/mol. The number of nitrogens with zero attached hydrogens (tertiary/aromatic N) is 3. The highest BCUT2D eigenvalue weighted by molar-refractivity contribution is 6.00. The Kier molecular flexibility index (Phi) is 4.13. The zero-order valence-electron chi connectivity index (χ0n) is 10.3. The fourth-order valence-electron chi connectivity index (χ4n) is 1.39. The maximum atomic E-state index is 11.6. The van der Waals surface area contributed by atoms with Gasteiger partial charge in [0.15, 0.2) is 0 Å². The van der Waals surface area contributed by atoms with Gasteiger partial charge in [0.05, 0.1) is 4.92 Å². The van der Waals surface area contributed by atoms with E-state index in [2.05, 4.69) is 15.3 Å². The van der Waals surface area contributed by atoms with Crippen LogP contribution in [0.3, 0.4) is 0 Å². The van der Waals surface area contributed by atoms with E-state index in [0.717, 1.165) is 0 Å². The van der Waals surface area contributed by atoms with Gasteiger partial charge in [0, 0.05) is 30.6 Å². The molecule has 0 aliphatic carbocycles. The number of aromatic nitrogens is 2. The minimum Gasteiger partial charge on any atom is -0.291 e. The summed E-state index contributed by atoms with van der Waals surface area (Å²) in [6, 6.07) is 7.50. The Morgan fingerprint density at radius 3 is 2.45 bits per heavy atom. The van der Waals surface area contributed by atoms with Crippen LogP contribution < -0.4 is 5.32 Å². The topological polar surface area (TPSA) is 98.0 Å². The van der Waals surface area contributed by atoms with E-state index in [9.17, 15) is 14.9 Å². The number of non-ortho nitro benzene ring substituents is 1. The summed E-state index contributed by atoms with van der Waals surface area (Å²) in [5.41, 5.74) is 0.684. The Morgan fingerprint density at radius 1 is 1.20 bits per heavy atom. The van der Waals surface area contributed by atoms with E-state index in [1.165, 1.54) is 30.6 Å². The van der Waals surface area contributed by atoms with Crippen LogP contribution in [0.25, 0.3) is 6.08 Å². The third-order valence-electron chi connectivity index (χ3n) is 2.33. The van der Waals surface area contributed by atoms with E-state index in [-0.39, 0.29) is 17.5 Å². The van der Waals surface area contributed by atoms with Crippen molar-refractivity contribution in [1.29, 1.82) is 0 Å². The third kappa shape index (κ3) is 3.70. The second-order valence-corrected chi connectivity index (χ2v) is 3.74. The first kappa shape index (κ1) is 13.3. The van der Waals surface area contributed by atoms with Gasteiger partial charge in [-0.2, -0.15) is 0 Å². The molecule has 0 bridgehead atoms. The predicted octanol–water partition coefficient (Wildman–Crippen LogP) is 2.04. The zero-order chi connectivity index (χ0) is 14.4. The van der Waals surface area contributed by atoms with E-state index < -0.39 is 4.92 Å². The summed E-state index contributed by atoms with van der Waals surface area (Å²) in [4.78, 5) is 29.3. The molecule has 0 spiro atoms. The van der Waals surface area contributed by atoms with Crippen molar-refractivity contribution in [1.82, 2.24) is 9.97 Å². The van der Waals surface area contributed by atoms with Crippen molar-refractivity contribution in [2.45, 2.75) is 0 Å². The summed E-state index contributed by atoms with van der Waals surface area (Å²) in [6.45, 7) is 0. The lowest BCUT2D eigenvalue weighted by Crippen LogP contribution is -2.10. The number of amides is 1. The quantitative estimate of drug-likeness (QED) is 0.520. The molecule has 0 saturated heterocycles. The minimum absolute atomic E-state index is 0.00397. The number of benzene rings is 1. The van der Waals surface area contributed by atoms with Gasteiger partial charge in [-0.1, -0.05) is 0 Å². The van der Waals surface area contributed by atoms with Crippen molar-refractivity contribution in [3.8, 4) is 0 Å². The van der Waals surface area contributed by atoms with Crippen LogP contribution in [0.1, 0.15) is 5.56 Å². The molecule has 1 aromatic heterocycles. The highest BCUT2D eigenvalue weighted by Gasteiger charge is 2.03. The molecule has 2 rings (SSSR count). The van der Waals surface area contributed by atoms with Crippen LogP contribution in [0.4, 0.5) is 11.6 Å². The first-order chi connectivity index (χ1) is 9.65. The van der Waals surface area contributed by atoms with Crippen molar-refractivity contribution >= 4 is 23.6 Å². The maximum Gasteiger partial charge on any atom is 0.269 e. The van der Waals surface area contributed by atoms with E-state index >= 15 is 0 Å². The van der Waals surface area contributed by atoms with Gasteiger partial charge in [0.2, 0.25) is 5.95 Å². The molecular formula is C13H10N4O3. The van der Waals surface area contributed by atoms with E-state index in [4.69, 9.17) is 0 Å². The van der Waals surface area contributed by atoms with Gasteiger partial charge in [-0.15, -0.1) is 0 Å². The molecule has 7 heteroatoms. The Morgan fingerprint density at radius 2 is 1.85 bits per heavy atom. The molecule has 0 aliphatic rings. The Balaban J connectivity index is 1.98. The van der Waals surface area contributed by atoms with Crippen molar-refractivity contribution < 1.29 is 9.72 Å². The second kappa shape index (κ2) is 6.19. The number of hydrogen-bond acceptors (Lipinski definition) is 5. The molecule has 0 fully saturated rings. The molecule has 0 radical (unpaired) electrons. The summed E-state index contributed by atoms with van der Waals surface area (Å²) >= 11 is 0. The van der Waals surface area contributed by atoms with Crippen LogP contribution in [0.15, 0.2) is 48.8 Å². The lowest BCUT2D eigenvalue weighted by atomic mass is 10.2. The second-order valence-electron chi connectivity index (χ2n) is 3.74. The van der Waals surface area contributed by atoms with Gasteiger partial charge in [0.25, 0.3) is 11.6 Å². The summed E-state index contributed by atoms with van der Waals surface area (Å²) in [7, 11) is 0. The molecule has 2 aromatic rings. The maximum absolute atomic E-state index is 11.6. The molecule has 1 amide bonds. The summed E-state index contributed by atoms with van der Waals surface area (Å²) in [6.07, 6.45) is 5.88. The number of nitrogens with one attached hydrogen (secondary N) is 1. The van der Waals surface area contributed by atoms with Crippen LogP contribution in [-0.2, 0) is 4.79 Å². The molecule has 1 heterocycles. The predicted molar refractivity (Wildman–Crippen MR) is 72.8 cm³/mol.